The van der Waals surface area contributed by atoms with Crippen molar-refractivity contribution < 1.29 is 19.0 Å². The molecule has 0 atom stereocenters. The van der Waals surface area contributed by atoms with Crippen LogP contribution < -0.4 is 20.1 Å². The molecular formula is C24H22ClFN6O3. The number of aliphatic hydroxyl groups excluding tert-OH is 1. The van der Waals surface area contributed by atoms with Crippen LogP contribution in [-0.4, -0.2) is 45.9 Å². The predicted octanol–water partition coefficient (Wildman–Crippen LogP) is 4.77. The second-order valence-electron chi connectivity index (χ2n) is 7.28. The van der Waals surface area contributed by atoms with Crippen LogP contribution in [0.3, 0.4) is 0 Å². The number of ether oxygens (including phenoxy) is 2. The van der Waals surface area contributed by atoms with Gasteiger partial charge in [-0.1, -0.05) is 23.7 Å². The molecule has 0 amide bonds. The Morgan fingerprint density at radius 2 is 1.83 bits per heavy atom. The number of nitrogens with one attached hydrogen (secondary N) is 2. The smallest absolute Gasteiger partial charge is 0.190 e. The van der Waals surface area contributed by atoms with E-state index in [2.05, 4.69) is 30.6 Å². The van der Waals surface area contributed by atoms with Gasteiger partial charge >= 0.3 is 0 Å². The first-order chi connectivity index (χ1) is 17.0. The van der Waals surface area contributed by atoms with Crippen molar-refractivity contribution in [3.63, 3.8) is 0 Å². The number of methoxy groups -OCH3 is 2. The number of anilines is 4. The summed E-state index contributed by atoms with van der Waals surface area (Å²) in [5, 5.41) is 15.4. The van der Waals surface area contributed by atoms with Crippen LogP contribution >= 0.6 is 11.6 Å². The van der Waals surface area contributed by atoms with Crippen LogP contribution in [0.2, 0.25) is 5.02 Å². The molecule has 9 nitrogen and oxygen atoms in total. The molecule has 0 aliphatic carbocycles. The zero-order chi connectivity index (χ0) is 24.8. The minimum atomic E-state index is -0.698. The van der Waals surface area contributed by atoms with Gasteiger partial charge in [0.25, 0.3) is 0 Å². The zero-order valence-electron chi connectivity index (χ0n) is 18.9. The largest absolute Gasteiger partial charge is 0.495 e. The third kappa shape index (κ3) is 5.39. The SMILES string of the molecule is COc1cc(OC)c(Cl)c(Nc2ncncc2-c2cc(Nc3cccc(CCO)c3)ncn2)c1F. The lowest BCUT2D eigenvalue weighted by molar-refractivity contribution is 0.299. The van der Waals surface area contributed by atoms with Gasteiger partial charge in [-0.2, -0.15) is 0 Å². The van der Waals surface area contributed by atoms with Crippen molar-refractivity contribution in [2.45, 2.75) is 6.42 Å². The molecule has 0 saturated carbocycles. The maximum atomic E-state index is 15.0. The summed E-state index contributed by atoms with van der Waals surface area (Å²) in [6, 6.07) is 10.7. The highest BCUT2D eigenvalue weighted by Crippen LogP contribution is 2.42. The van der Waals surface area contributed by atoms with Gasteiger partial charge in [-0.15, -0.1) is 0 Å². The average molecular weight is 497 g/mol. The first-order valence-corrected chi connectivity index (χ1v) is 10.9. The summed E-state index contributed by atoms with van der Waals surface area (Å²) in [6.45, 7) is 0.0642. The van der Waals surface area contributed by atoms with Gasteiger partial charge < -0.3 is 25.2 Å². The van der Waals surface area contributed by atoms with E-state index in [-0.39, 0.29) is 34.6 Å². The molecule has 0 aliphatic heterocycles. The number of rotatable bonds is 9. The Kier molecular flexibility index (Phi) is 7.54. The Bertz CT molecular complexity index is 1310. The maximum absolute atomic E-state index is 15.0. The van der Waals surface area contributed by atoms with Crippen LogP contribution in [0.15, 0.2) is 55.2 Å². The van der Waals surface area contributed by atoms with E-state index < -0.39 is 5.82 Å². The lowest BCUT2D eigenvalue weighted by Crippen LogP contribution is -2.04. The van der Waals surface area contributed by atoms with Gasteiger partial charge in [0.05, 0.1) is 25.5 Å². The highest BCUT2D eigenvalue weighted by atomic mass is 35.5. The Morgan fingerprint density at radius 1 is 1.00 bits per heavy atom. The second-order valence-corrected chi connectivity index (χ2v) is 7.66. The number of aliphatic hydroxyl groups is 1. The van der Waals surface area contributed by atoms with E-state index in [1.165, 1.54) is 32.9 Å². The third-order valence-corrected chi connectivity index (χ3v) is 5.45. The molecule has 0 radical (unpaired) electrons. The van der Waals surface area contributed by atoms with Gasteiger partial charge in [0.1, 0.15) is 40.7 Å². The van der Waals surface area contributed by atoms with E-state index in [4.69, 9.17) is 21.1 Å². The molecule has 4 aromatic rings. The quantitative estimate of drug-likeness (QED) is 0.301. The fraction of sp³-hybridized carbons (Fsp3) is 0.167. The van der Waals surface area contributed by atoms with E-state index in [9.17, 15) is 5.11 Å². The maximum Gasteiger partial charge on any atom is 0.190 e. The van der Waals surface area contributed by atoms with Crippen LogP contribution in [-0.2, 0) is 6.42 Å². The first kappa shape index (κ1) is 24.1. The number of benzene rings is 2. The molecule has 2 heterocycles. The van der Waals surface area contributed by atoms with E-state index >= 15 is 4.39 Å². The summed E-state index contributed by atoms with van der Waals surface area (Å²) < 4.78 is 25.4. The molecule has 0 fully saturated rings. The van der Waals surface area contributed by atoms with E-state index in [1.54, 1.807) is 12.3 Å². The van der Waals surface area contributed by atoms with E-state index in [0.717, 1.165) is 11.3 Å². The van der Waals surface area contributed by atoms with Gasteiger partial charge in [-0.25, -0.2) is 24.3 Å². The van der Waals surface area contributed by atoms with Gasteiger partial charge in [0, 0.05) is 30.6 Å². The lowest BCUT2D eigenvalue weighted by atomic mass is 10.1. The zero-order valence-corrected chi connectivity index (χ0v) is 19.7. The van der Waals surface area contributed by atoms with Gasteiger partial charge in [0.2, 0.25) is 0 Å². The summed E-state index contributed by atoms with van der Waals surface area (Å²) in [6.07, 6.45) is 4.82. The standard InChI is InChI=1S/C24H22ClFN6O3/c1-34-18-10-19(35-2)22(26)23(21(18)25)32-24-16(11-27-12-30-24)17-9-20(29-13-28-17)31-15-5-3-4-14(8-15)6-7-33/h3-5,8-13,33H,6-7H2,1-2H3,(H,27,30,32)(H,28,29,31). The van der Waals surface area contributed by atoms with Crippen molar-refractivity contribution >= 4 is 34.6 Å². The fourth-order valence-corrected chi connectivity index (χ4v) is 3.65. The van der Waals surface area contributed by atoms with Crippen molar-refractivity contribution in [2.75, 3.05) is 31.5 Å². The van der Waals surface area contributed by atoms with Crippen LogP contribution in [0.4, 0.5) is 27.4 Å². The molecule has 0 bridgehead atoms. The molecule has 11 heteroatoms. The summed E-state index contributed by atoms with van der Waals surface area (Å²) >= 11 is 6.36. The Balaban J connectivity index is 1.68. The highest BCUT2D eigenvalue weighted by molar-refractivity contribution is 6.35. The molecule has 180 valence electrons. The first-order valence-electron chi connectivity index (χ1n) is 10.5. The molecule has 2 aromatic carbocycles. The number of hydrogen-bond acceptors (Lipinski definition) is 9. The van der Waals surface area contributed by atoms with Gasteiger partial charge in [0.15, 0.2) is 11.6 Å². The molecule has 2 aromatic heterocycles. The fourth-order valence-electron chi connectivity index (χ4n) is 3.38. The normalized spacial score (nSPS) is 10.7. The van der Waals surface area contributed by atoms with Gasteiger partial charge in [-0.3, -0.25) is 0 Å². The van der Waals surface area contributed by atoms with Crippen molar-refractivity contribution in [3.05, 3.63) is 71.7 Å². The number of halogens is 2. The van der Waals surface area contributed by atoms with Crippen molar-refractivity contribution in [1.82, 2.24) is 19.9 Å². The Hall–Kier alpha value is -4.02. The van der Waals surface area contributed by atoms with Crippen molar-refractivity contribution in [2.24, 2.45) is 0 Å². The summed E-state index contributed by atoms with van der Waals surface area (Å²) in [5.74, 6) is 0.292. The second kappa shape index (κ2) is 10.9. The molecule has 0 saturated heterocycles. The summed E-state index contributed by atoms with van der Waals surface area (Å²) in [5.41, 5.74) is 2.71. The minimum absolute atomic E-state index is 0.0307. The molecule has 0 aliphatic rings. The highest BCUT2D eigenvalue weighted by Gasteiger charge is 2.21. The van der Waals surface area contributed by atoms with Crippen LogP contribution in [0.25, 0.3) is 11.3 Å². The van der Waals surface area contributed by atoms with Crippen LogP contribution in [0, 0.1) is 5.82 Å². The molecule has 0 spiro atoms. The molecule has 4 rings (SSSR count). The molecular weight excluding hydrogens is 475 g/mol. The lowest BCUT2D eigenvalue weighted by Gasteiger charge is -2.16. The Morgan fingerprint density at radius 3 is 2.60 bits per heavy atom. The monoisotopic (exact) mass is 496 g/mol. The summed E-state index contributed by atoms with van der Waals surface area (Å²) in [7, 11) is 2.77. The summed E-state index contributed by atoms with van der Waals surface area (Å²) in [4.78, 5) is 17.0. The third-order valence-electron chi connectivity index (χ3n) is 5.07. The van der Waals surface area contributed by atoms with Crippen molar-refractivity contribution in [3.8, 4) is 22.8 Å². The molecule has 3 N–H and O–H groups in total. The Labute approximate surface area is 206 Å². The minimum Gasteiger partial charge on any atom is -0.495 e. The molecule has 0 unspecified atom stereocenters. The molecule has 35 heavy (non-hydrogen) atoms. The predicted molar refractivity (Wildman–Crippen MR) is 131 cm³/mol. The van der Waals surface area contributed by atoms with Gasteiger partial charge in [-0.05, 0) is 24.1 Å². The number of hydrogen-bond donors (Lipinski definition) is 3. The van der Waals surface area contributed by atoms with E-state index in [0.29, 0.717) is 23.5 Å². The van der Waals surface area contributed by atoms with Crippen molar-refractivity contribution in [1.29, 1.82) is 0 Å². The van der Waals surface area contributed by atoms with Crippen LogP contribution in [0.5, 0.6) is 11.5 Å². The van der Waals surface area contributed by atoms with E-state index in [1.807, 2.05) is 24.3 Å². The average Bonchev–Trinajstić information content (AvgIpc) is 2.87. The topological polar surface area (TPSA) is 114 Å². The number of aromatic nitrogens is 4. The van der Waals surface area contributed by atoms with Crippen LogP contribution in [0.1, 0.15) is 5.56 Å². The number of nitrogens with zero attached hydrogens (tertiary/aromatic N) is 4.